The van der Waals surface area contributed by atoms with Crippen LogP contribution >= 0.6 is 0 Å². The van der Waals surface area contributed by atoms with Gasteiger partial charge in [0.05, 0.1) is 5.69 Å². The molecule has 0 aliphatic carbocycles. The fourth-order valence-electron chi connectivity index (χ4n) is 2.15. The van der Waals surface area contributed by atoms with E-state index in [2.05, 4.69) is 27.5 Å². The molecule has 0 fully saturated rings. The van der Waals surface area contributed by atoms with Crippen LogP contribution in [-0.2, 0) is 0 Å². The minimum absolute atomic E-state index is 0.874. The fourth-order valence-corrected chi connectivity index (χ4v) is 2.15. The van der Waals surface area contributed by atoms with Crippen LogP contribution in [0.25, 0.3) is 22.4 Å². The van der Waals surface area contributed by atoms with Gasteiger partial charge < -0.3 is 0 Å². The summed E-state index contributed by atoms with van der Waals surface area (Å²) >= 11 is 0. The molecule has 0 amide bonds. The zero-order valence-electron chi connectivity index (χ0n) is 10.6. The van der Waals surface area contributed by atoms with Crippen molar-refractivity contribution in [1.29, 1.82) is 0 Å². The van der Waals surface area contributed by atoms with E-state index in [0.29, 0.717) is 0 Å². The van der Waals surface area contributed by atoms with Gasteiger partial charge in [-0.1, -0.05) is 60.7 Å². The summed E-state index contributed by atoms with van der Waals surface area (Å²) < 4.78 is 0. The predicted octanol–water partition coefficient (Wildman–Crippen LogP) is 3.51. The molecular formula is C16H13N3. The first-order valence-electron chi connectivity index (χ1n) is 6.17. The molecule has 0 radical (unpaired) electrons. The Morgan fingerprint density at radius 3 is 1.89 bits per heavy atom. The van der Waals surface area contributed by atoms with Crippen molar-refractivity contribution >= 4 is 0 Å². The minimum atomic E-state index is 0.874. The average molecular weight is 247 g/mol. The largest absolute Gasteiger partial charge is 0.135 e. The van der Waals surface area contributed by atoms with E-state index in [9.17, 15) is 0 Å². The summed E-state index contributed by atoms with van der Waals surface area (Å²) in [6, 6.07) is 20.2. The lowest BCUT2D eigenvalue weighted by atomic mass is 9.98. The number of aryl methyl sites for hydroxylation is 1. The molecule has 2 aromatic carbocycles. The molecule has 3 nitrogen and oxygen atoms in total. The van der Waals surface area contributed by atoms with Gasteiger partial charge in [-0.15, -0.1) is 10.2 Å². The van der Waals surface area contributed by atoms with Crippen molar-refractivity contribution < 1.29 is 0 Å². The highest BCUT2D eigenvalue weighted by molar-refractivity contribution is 5.81. The van der Waals surface area contributed by atoms with Crippen molar-refractivity contribution in [1.82, 2.24) is 15.4 Å². The number of aromatic nitrogens is 3. The molecule has 0 unspecified atom stereocenters. The van der Waals surface area contributed by atoms with Crippen LogP contribution < -0.4 is 0 Å². The van der Waals surface area contributed by atoms with Gasteiger partial charge in [0.25, 0.3) is 0 Å². The molecule has 0 atom stereocenters. The van der Waals surface area contributed by atoms with Crippen LogP contribution in [-0.4, -0.2) is 15.4 Å². The molecular weight excluding hydrogens is 234 g/mol. The van der Waals surface area contributed by atoms with Crippen LogP contribution in [0.4, 0.5) is 0 Å². The van der Waals surface area contributed by atoms with Crippen LogP contribution in [0.5, 0.6) is 0 Å². The molecule has 3 aromatic rings. The molecule has 0 bridgehead atoms. The third-order valence-electron chi connectivity index (χ3n) is 3.05. The van der Waals surface area contributed by atoms with Crippen molar-refractivity contribution in [3.63, 3.8) is 0 Å². The Bertz CT molecular complexity index is 679. The lowest BCUT2D eigenvalue weighted by Gasteiger charge is -2.09. The topological polar surface area (TPSA) is 38.7 Å². The molecule has 3 heteroatoms. The maximum absolute atomic E-state index is 4.23. The molecule has 0 saturated heterocycles. The van der Waals surface area contributed by atoms with Gasteiger partial charge in [0, 0.05) is 11.1 Å². The first kappa shape index (κ1) is 11.5. The highest BCUT2D eigenvalue weighted by atomic mass is 15.3. The number of hydrogen-bond donors (Lipinski definition) is 0. The standard InChI is InChI=1S/C16H13N3/c1-12-15(13-8-4-2-5-9-13)16(18-19-17-12)14-10-6-3-7-11-14/h2-11H,1H3. The van der Waals surface area contributed by atoms with Crippen molar-refractivity contribution in [2.45, 2.75) is 6.92 Å². The second-order valence-electron chi connectivity index (χ2n) is 4.33. The van der Waals surface area contributed by atoms with Crippen LogP contribution in [0.3, 0.4) is 0 Å². The molecule has 0 spiro atoms. The van der Waals surface area contributed by atoms with Crippen LogP contribution in [0, 0.1) is 6.92 Å². The molecule has 3 rings (SSSR count). The zero-order valence-corrected chi connectivity index (χ0v) is 10.6. The molecule has 0 aliphatic rings. The summed E-state index contributed by atoms with van der Waals surface area (Å²) in [6.45, 7) is 1.96. The third-order valence-corrected chi connectivity index (χ3v) is 3.05. The summed E-state index contributed by atoms with van der Waals surface area (Å²) in [5.74, 6) is 0. The minimum Gasteiger partial charge on any atom is -0.135 e. The normalized spacial score (nSPS) is 10.4. The second-order valence-corrected chi connectivity index (χ2v) is 4.33. The Balaban J connectivity index is 2.25. The predicted molar refractivity (Wildman–Crippen MR) is 75.4 cm³/mol. The van der Waals surface area contributed by atoms with Gasteiger partial charge in [-0.25, -0.2) is 0 Å². The second kappa shape index (κ2) is 4.98. The molecule has 1 aromatic heterocycles. The van der Waals surface area contributed by atoms with Gasteiger partial charge in [-0.05, 0) is 17.7 Å². The number of rotatable bonds is 2. The van der Waals surface area contributed by atoms with Crippen molar-refractivity contribution in [2.75, 3.05) is 0 Å². The highest BCUT2D eigenvalue weighted by Crippen LogP contribution is 2.31. The van der Waals surface area contributed by atoms with Crippen LogP contribution in [0.2, 0.25) is 0 Å². The van der Waals surface area contributed by atoms with E-state index in [-0.39, 0.29) is 0 Å². The average Bonchev–Trinajstić information content (AvgIpc) is 2.49. The summed E-state index contributed by atoms with van der Waals surface area (Å²) in [4.78, 5) is 0. The van der Waals surface area contributed by atoms with Crippen LogP contribution in [0.1, 0.15) is 5.69 Å². The first-order chi connectivity index (χ1) is 9.36. The van der Waals surface area contributed by atoms with Gasteiger partial charge >= 0.3 is 0 Å². The van der Waals surface area contributed by atoms with Crippen LogP contribution in [0.15, 0.2) is 60.7 Å². The SMILES string of the molecule is Cc1nnnc(-c2ccccc2)c1-c1ccccc1. The fraction of sp³-hybridized carbons (Fsp3) is 0.0625. The summed E-state index contributed by atoms with van der Waals surface area (Å²) in [6.07, 6.45) is 0. The van der Waals surface area contributed by atoms with E-state index < -0.39 is 0 Å². The summed E-state index contributed by atoms with van der Waals surface area (Å²) in [5, 5.41) is 12.2. The molecule has 0 saturated carbocycles. The van der Waals surface area contributed by atoms with E-state index in [1.54, 1.807) is 0 Å². The van der Waals surface area contributed by atoms with Gasteiger partial charge in [0.1, 0.15) is 5.69 Å². The van der Waals surface area contributed by atoms with E-state index in [0.717, 1.165) is 28.1 Å². The smallest absolute Gasteiger partial charge is 0.104 e. The lowest BCUT2D eigenvalue weighted by Crippen LogP contribution is -1.99. The van der Waals surface area contributed by atoms with Gasteiger partial charge in [-0.2, -0.15) is 0 Å². The Morgan fingerprint density at radius 2 is 1.26 bits per heavy atom. The number of nitrogens with zero attached hydrogens (tertiary/aromatic N) is 3. The number of benzene rings is 2. The summed E-state index contributed by atoms with van der Waals surface area (Å²) in [7, 11) is 0. The van der Waals surface area contributed by atoms with Gasteiger partial charge in [0.15, 0.2) is 0 Å². The van der Waals surface area contributed by atoms with E-state index in [1.165, 1.54) is 0 Å². The Labute approximate surface area is 112 Å². The first-order valence-corrected chi connectivity index (χ1v) is 6.17. The molecule has 0 aliphatic heterocycles. The molecule has 1 heterocycles. The Hall–Kier alpha value is -2.55. The number of hydrogen-bond acceptors (Lipinski definition) is 3. The van der Waals surface area contributed by atoms with Crippen molar-refractivity contribution in [3.8, 4) is 22.4 Å². The lowest BCUT2D eigenvalue weighted by molar-refractivity contribution is 0.848. The maximum Gasteiger partial charge on any atom is 0.104 e. The Kier molecular flexibility index (Phi) is 3.02. The van der Waals surface area contributed by atoms with Crippen molar-refractivity contribution in [2.24, 2.45) is 0 Å². The van der Waals surface area contributed by atoms with E-state index in [1.807, 2.05) is 55.5 Å². The van der Waals surface area contributed by atoms with E-state index >= 15 is 0 Å². The highest BCUT2D eigenvalue weighted by Gasteiger charge is 2.12. The maximum atomic E-state index is 4.23. The quantitative estimate of drug-likeness (QED) is 0.695. The van der Waals surface area contributed by atoms with Gasteiger partial charge in [-0.3, -0.25) is 0 Å². The molecule has 92 valence electrons. The van der Waals surface area contributed by atoms with Gasteiger partial charge in [0.2, 0.25) is 0 Å². The van der Waals surface area contributed by atoms with Crippen molar-refractivity contribution in [3.05, 3.63) is 66.4 Å². The molecule has 0 N–H and O–H groups in total. The summed E-state index contributed by atoms with van der Waals surface area (Å²) in [5.41, 5.74) is 4.97. The molecule has 19 heavy (non-hydrogen) atoms. The van der Waals surface area contributed by atoms with E-state index in [4.69, 9.17) is 0 Å². The Morgan fingerprint density at radius 1 is 0.684 bits per heavy atom. The zero-order chi connectivity index (χ0) is 13.1. The monoisotopic (exact) mass is 247 g/mol. The third kappa shape index (κ3) is 2.22.